The van der Waals surface area contributed by atoms with Gasteiger partial charge in [-0.25, -0.2) is 0 Å². The van der Waals surface area contributed by atoms with Crippen LogP contribution in [0.25, 0.3) is 0 Å². The van der Waals surface area contributed by atoms with Gasteiger partial charge in [0.2, 0.25) is 0 Å². The third-order valence-corrected chi connectivity index (χ3v) is 3.18. The summed E-state index contributed by atoms with van der Waals surface area (Å²) in [5.74, 6) is 0.704. The molecule has 0 amide bonds. The van der Waals surface area contributed by atoms with Crippen LogP contribution in [0.3, 0.4) is 0 Å². The van der Waals surface area contributed by atoms with Crippen LogP contribution in [-0.2, 0) is 0 Å². The maximum atomic E-state index is 12.3. The van der Waals surface area contributed by atoms with E-state index in [-0.39, 0.29) is 18.6 Å². The molecule has 0 fully saturated rings. The smallest absolute Gasteiger partial charge is 0.390 e. The van der Waals surface area contributed by atoms with Crippen molar-refractivity contribution in [1.82, 2.24) is 4.90 Å². The number of likely N-dealkylation sites (N-methyl/N-ethyl adjacent to an activating group) is 1. The zero-order valence-corrected chi connectivity index (χ0v) is 11.9. The van der Waals surface area contributed by atoms with Gasteiger partial charge in [0, 0.05) is 18.6 Å². The molecule has 0 bridgehead atoms. The summed E-state index contributed by atoms with van der Waals surface area (Å²) in [6, 6.07) is 6.68. The molecule has 1 rings (SSSR count). The highest BCUT2D eigenvalue weighted by atomic mass is 19.4. The molecule has 0 aliphatic carbocycles. The van der Waals surface area contributed by atoms with Crippen molar-refractivity contribution in [3.05, 3.63) is 29.8 Å². The molecule has 1 aromatic carbocycles. The first kappa shape index (κ1) is 16.8. The van der Waals surface area contributed by atoms with E-state index in [4.69, 9.17) is 10.5 Å². The van der Waals surface area contributed by atoms with Gasteiger partial charge in [-0.3, -0.25) is 4.90 Å². The minimum absolute atomic E-state index is 0.0816. The van der Waals surface area contributed by atoms with Crippen molar-refractivity contribution in [2.24, 2.45) is 5.73 Å². The van der Waals surface area contributed by atoms with Crippen molar-refractivity contribution in [3.8, 4) is 5.75 Å². The first-order valence-electron chi connectivity index (χ1n) is 6.41. The Kier molecular flexibility index (Phi) is 5.83. The van der Waals surface area contributed by atoms with Crippen molar-refractivity contribution in [2.45, 2.75) is 31.6 Å². The van der Waals surface area contributed by atoms with Gasteiger partial charge in [0.15, 0.2) is 0 Å². The van der Waals surface area contributed by atoms with Crippen LogP contribution >= 0.6 is 0 Å². The molecule has 0 aliphatic heterocycles. The third-order valence-electron chi connectivity index (χ3n) is 3.18. The minimum atomic E-state index is -4.16. The molecule has 3 nitrogen and oxygen atoms in total. The van der Waals surface area contributed by atoms with Crippen LogP contribution in [0.2, 0.25) is 0 Å². The Bertz CT molecular complexity index is 404. The van der Waals surface area contributed by atoms with Gasteiger partial charge >= 0.3 is 6.18 Å². The standard InChI is InChI=1S/C14H21F3N2O/c1-10(18)13(19(2)9-8-14(15,16)17)11-4-6-12(20-3)7-5-11/h4-7,10,13H,8-9,18H2,1-3H3. The summed E-state index contributed by atoms with van der Waals surface area (Å²) in [5, 5.41) is 0. The summed E-state index contributed by atoms with van der Waals surface area (Å²) in [7, 11) is 3.22. The van der Waals surface area contributed by atoms with Gasteiger partial charge in [-0.15, -0.1) is 0 Å². The van der Waals surface area contributed by atoms with E-state index in [0.717, 1.165) is 5.56 Å². The van der Waals surface area contributed by atoms with Gasteiger partial charge in [-0.2, -0.15) is 13.2 Å². The Morgan fingerprint density at radius 2 is 1.80 bits per heavy atom. The molecule has 0 radical (unpaired) electrons. The SMILES string of the molecule is COc1ccc(C(C(C)N)N(C)CCC(F)(F)F)cc1. The molecular weight excluding hydrogens is 269 g/mol. The van der Waals surface area contributed by atoms with Crippen molar-refractivity contribution in [3.63, 3.8) is 0 Å². The van der Waals surface area contributed by atoms with E-state index >= 15 is 0 Å². The first-order valence-corrected chi connectivity index (χ1v) is 6.41. The topological polar surface area (TPSA) is 38.5 Å². The Hall–Kier alpha value is -1.27. The van der Waals surface area contributed by atoms with Gasteiger partial charge in [-0.1, -0.05) is 12.1 Å². The van der Waals surface area contributed by atoms with Gasteiger partial charge in [0.25, 0.3) is 0 Å². The highest BCUT2D eigenvalue weighted by Crippen LogP contribution is 2.27. The second-order valence-corrected chi connectivity index (χ2v) is 4.92. The number of hydrogen-bond donors (Lipinski definition) is 1. The van der Waals surface area contributed by atoms with Crippen molar-refractivity contribution < 1.29 is 17.9 Å². The molecule has 0 spiro atoms. The molecule has 114 valence electrons. The van der Waals surface area contributed by atoms with Gasteiger partial charge in [-0.05, 0) is 31.7 Å². The van der Waals surface area contributed by atoms with Crippen LogP contribution in [-0.4, -0.2) is 37.8 Å². The molecular formula is C14H21F3N2O. The Labute approximate surface area is 117 Å². The monoisotopic (exact) mass is 290 g/mol. The fourth-order valence-corrected chi connectivity index (χ4v) is 2.20. The summed E-state index contributed by atoms with van der Waals surface area (Å²) in [5.41, 5.74) is 6.81. The van der Waals surface area contributed by atoms with Crippen LogP contribution < -0.4 is 10.5 Å². The lowest BCUT2D eigenvalue weighted by molar-refractivity contribution is -0.138. The Morgan fingerprint density at radius 3 is 2.20 bits per heavy atom. The zero-order chi connectivity index (χ0) is 15.3. The fraction of sp³-hybridized carbons (Fsp3) is 0.571. The largest absolute Gasteiger partial charge is 0.497 e. The number of rotatable bonds is 6. The lowest BCUT2D eigenvalue weighted by atomic mass is 9.99. The van der Waals surface area contributed by atoms with Gasteiger partial charge in [0.1, 0.15) is 5.75 Å². The number of halogens is 3. The predicted octanol–water partition coefficient (Wildman–Crippen LogP) is 2.97. The highest BCUT2D eigenvalue weighted by Gasteiger charge is 2.29. The summed E-state index contributed by atoms with van der Waals surface area (Å²) < 4.78 is 42.0. The predicted molar refractivity (Wildman–Crippen MR) is 72.7 cm³/mol. The number of benzene rings is 1. The van der Waals surface area contributed by atoms with Crippen LogP contribution in [0, 0.1) is 0 Å². The van der Waals surface area contributed by atoms with E-state index in [9.17, 15) is 13.2 Å². The van der Waals surface area contributed by atoms with E-state index in [1.54, 1.807) is 38.1 Å². The first-order chi connectivity index (χ1) is 9.24. The van der Waals surface area contributed by atoms with E-state index in [2.05, 4.69) is 0 Å². The number of nitrogens with two attached hydrogens (primary N) is 1. The molecule has 2 N–H and O–H groups in total. The normalized spacial score (nSPS) is 15.2. The van der Waals surface area contributed by atoms with Crippen molar-refractivity contribution in [1.29, 1.82) is 0 Å². The third kappa shape index (κ3) is 5.02. The molecule has 20 heavy (non-hydrogen) atoms. The summed E-state index contributed by atoms with van der Waals surface area (Å²) >= 11 is 0. The number of hydrogen-bond acceptors (Lipinski definition) is 3. The van der Waals surface area contributed by atoms with E-state index in [1.807, 2.05) is 12.1 Å². The summed E-state index contributed by atoms with van der Waals surface area (Å²) in [6.45, 7) is 1.71. The fourth-order valence-electron chi connectivity index (χ4n) is 2.20. The molecule has 0 aliphatic rings. The molecule has 0 heterocycles. The van der Waals surface area contributed by atoms with E-state index < -0.39 is 12.6 Å². The molecule has 0 saturated carbocycles. The molecule has 2 atom stereocenters. The second-order valence-electron chi connectivity index (χ2n) is 4.92. The van der Waals surface area contributed by atoms with Crippen molar-refractivity contribution >= 4 is 0 Å². The van der Waals surface area contributed by atoms with Crippen LogP contribution in [0.15, 0.2) is 24.3 Å². The average molecular weight is 290 g/mol. The van der Waals surface area contributed by atoms with E-state index in [1.165, 1.54) is 0 Å². The molecule has 1 aromatic rings. The number of nitrogens with zero attached hydrogens (tertiary/aromatic N) is 1. The van der Waals surface area contributed by atoms with Gasteiger partial charge in [0.05, 0.1) is 13.5 Å². The Balaban J connectivity index is 2.81. The summed E-state index contributed by atoms with van der Waals surface area (Å²) in [6.07, 6.45) is -5.00. The molecule has 6 heteroatoms. The van der Waals surface area contributed by atoms with Crippen molar-refractivity contribution in [2.75, 3.05) is 20.7 Å². The lowest BCUT2D eigenvalue weighted by Crippen LogP contribution is -2.38. The second kappa shape index (κ2) is 6.95. The lowest BCUT2D eigenvalue weighted by Gasteiger charge is -2.31. The number of ether oxygens (including phenoxy) is 1. The quantitative estimate of drug-likeness (QED) is 0.875. The summed E-state index contributed by atoms with van der Waals surface area (Å²) in [4.78, 5) is 1.64. The molecule has 0 aromatic heterocycles. The van der Waals surface area contributed by atoms with Crippen LogP contribution in [0.5, 0.6) is 5.75 Å². The highest BCUT2D eigenvalue weighted by molar-refractivity contribution is 5.29. The molecule has 2 unspecified atom stereocenters. The maximum absolute atomic E-state index is 12.3. The number of methoxy groups -OCH3 is 1. The average Bonchev–Trinajstić information content (AvgIpc) is 2.36. The van der Waals surface area contributed by atoms with E-state index in [0.29, 0.717) is 5.75 Å². The number of alkyl halides is 3. The maximum Gasteiger partial charge on any atom is 0.390 e. The Morgan fingerprint density at radius 1 is 1.25 bits per heavy atom. The van der Waals surface area contributed by atoms with Crippen LogP contribution in [0.4, 0.5) is 13.2 Å². The molecule has 0 saturated heterocycles. The zero-order valence-electron chi connectivity index (χ0n) is 11.9. The minimum Gasteiger partial charge on any atom is -0.497 e. The van der Waals surface area contributed by atoms with Crippen LogP contribution in [0.1, 0.15) is 24.9 Å². The van der Waals surface area contributed by atoms with Gasteiger partial charge < -0.3 is 10.5 Å².